The number of carbonyl (C=O) groups excluding carboxylic acids is 2. The van der Waals surface area contributed by atoms with E-state index in [4.69, 9.17) is 4.74 Å². The molecule has 3 aromatic rings. The Morgan fingerprint density at radius 2 is 1.68 bits per heavy atom. The summed E-state index contributed by atoms with van der Waals surface area (Å²) in [5, 5.41) is 6.56. The van der Waals surface area contributed by atoms with Gasteiger partial charge in [-0.1, -0.05) is 24.3 Å². The molecule has 0 aliphatic heterocycles. The molecule has 0 atom stereocenters. The van der Waals surface area contributed by atoms with Gasteiger partial charge in [-0.2, -0.15) is 0 Å². The molecule has 2 N–H and O–H groups in total. The van der Waals surface area contributed by atoms with E-state index in [1.165, 1.54) is 11.5 Å². The minimum absolute atomic E-state index is 0.170. The van der Waals surface area contributed by atoms with Gasteiger partial charge in [-0.05, 0) is 24.3 Å². The van der Waals surface area contributed by atoms with E-state index < -0.39 is 0 Å². The molecule has 1 heterocycles. The molecule has 0 aliphatic rings. The number of hydrogen-bond donors (Lipinski definition) is 2. The number of aromatic nitrogens is 1. The number of nitrogens with zero attached hydrogens (tertiary/aromatic N) is 1. The number of nitrogens with one attached hydrogen (secondary N) is 2. The summed E-state index contributed by atoms with van der Waals surface area (Å²) in [6.07, 6.45) is 1.55. The van der Waals surface area contributed by atoms with Crippen LogP contribution in [0.2, 0.25) is 0 Å². The lowest BCUT2D eigenvalue weighted by atomic mass is 10.1. The summed E-state index contributed by atoms with van der Waals surface area (Å²) in [7, 11) is 1.56. The van der Waals surface area contributed by atoms with Gasteiger partial charge in [0.2, 0.25) is 5.91 Å². The molecule has 2 aromatic carbocycles. The van der Waals surface area contributed by atoms with Crippen LogP contribution in [0.15, 0.2) is 59.5 Å². The van der Waals surface area contributed by atoms with Crippen LogP contribution < -0.4 is 16.2 Å². The highest BCUT2D eigenvalue weighted by Gasteiger charge is 2.15. The Kier molecular flexibility index (Phi) is 5.86. The number of ether oxygens (including phenoxy) is 1. The average molecular weight is 379 g/mol. The standard InChI is InChI=1S/C21H21N3O4/c1-14(25)22-15-6-5-7-16(12-15)23-20(26)19-13-24(10-11-28-2)21(27)18-9-4-3-8-17(18)19/h3-9,12-13H,10-11H2,1-2H3,(H,22,25)(H,23,26). The van der Waals surface area contributed by atoms with Crippen molar-refractivity contribution in [2.24, 2.45) is 0 Å². The van der Waals surface area contributed by atoms with Crippen LogP contribution in [0, 0.1) is 0 Å². The first kappa shape index (κ1) is 19.3. The monoisotopic (exact) mass is 379 g/mol. The zero-order chi connectivity index (χ0) is 20.1. The lowest BCUT2D eigenvalue weighted by molar-refractivity contribution is -0.114. The van der Waals surface area contributed by atoms with Crippen molar-refractivity contribution in [1.82, 2.24) is 4.57 Å². The molecule has 0 saturated carbocycles. The maximum Gasteiger partial charge on any atom is 0.258 e. The number of pyridine rings is 1. The van der Waals surface area contributed by atoms with Gasteiger partial charge in [0.05, 0.1) is 12.2 Å². The molecule has 0 spiro atoms. The van der Waals surface area contributed by atoms with Crippen molar-refractivity contribution in [3.63, 3.8) is 0 Å². The summed E-state index contributed by atoms with van der Waals surface area (Å²) >= 11 is 0. The molecule has 144 valence electrons. The van der Waals surface area contributed by atoms with Gasteiger partial charge >= 0.3 is 0 Å². The molecule has 7 nitrogen and oxygen atoms in total. The van der Waals surface area contributed by atoms with E-state index in [-0.39, 0.29) is 17.4 Å². The fourth-order valence-electron chi connectivity index (χ4n) is 2.96. The lowest BCUT2D eigenvalue weighted by Gasteiger charge is -2.13. The predicted octanol–water partition coefficient (Wildman–Crippen LogP) is 2.86. The summed E-state index contributed by atoms with van der Waals surface area (Å²) < 4.78 is 6.54. The van der Waals surface area contributed by atoms with E-state index in [0.717, 1.165) is 0 Å². The Balaban J connectivity index is 1.98. The summed E-state index contributed by atoms with van der Waals surface area (Å²) in [6.45, 7) is 2.12. The van der Waals surface area contributed by atoms with Crippen molar-refractivity contribution in [3.8, 4) is 0 Å². The number of methoxy groups -OCH3 is 1. The van der Waals surface area contributed by atoms with E-state index in [2.05, 4.69) is 10.6 Å². The van der Waals surface area contributed by atoms with Gasteiger partial charge in [0.1, 0.15) is 0 Å². The minimum Gasteiger partial charge on any atom is -0.383 e. The highest BCUT2D eigenvalue weighted by molar-refractivity contribution is 6.12. The maximum atomic E-state index is 13.0. The molecule has 0 fully saturated rings. The molecule has 0 saturated heterocycles. The third-order valence-corrected chi connectivity index (χ3v) is 4.22. The van der Waals surface area contributed by atoms with E-state index in [1.54, 1.807) is 61.8 Å². The van der Waals surface area contributed by atoms with Crippen LogP contribution in [0.25, 0.3) is 10.8 Å². The number of carbonyl (C=O) groups is 2. The molecule has 0 aliphatic carbocycles. The van der Waals surface area contributed by atoms with Crippen molar-refractivity contribution >= 4 is 34.0 Å². The van der Waals surface area contributed by atoms with Crippen molar-refractivity contribution in [3.05, 3.63) is 70.6 Å². The molecule has 7 heteroatoms. The smallest absolute Gasteiger partial charge is 0.258 e. The van der Waals surface area contributed by atoms with E-state index in [0.29, 0.717) is 40.9 Å². The van der Waals surface area contributed by atoms with Gasteiger partial charge in [0.25, 0.3) is 11.5 Å². The quantitative estimate of drug-likeness (QED) is 0.689. The van der Waals surface area contributed by atoms with Crippen molar-refractivity contribution in [2.45, 2.75) is 13.5 Å². The number of amides is 2. The first-order valence-corrected chi connectivity index (χ1v) is 8.79. The molecule has 0 radical (unpaired) electrons. The molecule has 1 aromatic heterocycles. The molecule has 0 bridgehead atoms. The van der Waals surface area contributed by atoms with Gasteiger partial charge in [-0.3, -0.25) is 14.4 Å². The Morgan fingerprint density at radius 3 is 2.36 bits per heavy atom. The van der Waals surface area contributed by atoms with Crippen LogP contribution in [0.1, 0.15) is 17.3 Å². The Bertz CT molecular complexity index is 1090. The van der Waals surface area contributed by atoms with E-state index in [1.807, 2.05) is 0 Å². The number of anilines is 2. The zero-order valence-electron chi connectivity index (χ0n) is 15.7. The number of hydrogen-bond acceptors (Lipinski definition) is 4. The number of benzene rings is 2. The molecule has 3 rings (SSSR count). The second kappa shape index (κ2) is 8.49. The van der Waals surface area contributed by atoms with E-state index >= 15 is 0 Å². The minimum atomic E-state index is -0.345. The second-order valence-corrected chi connectivity index (χ2v) is 6.30. The third-order valence-electron chi connectivity index (χ3n) is 4.22. The van der Waals surface area contributed by atoms with Gasteiger partial charge < -0.3 is 19.9 Å². The fraction of sp³-hybridized carbons (Fsp3) is 0.190. The van der Waals surface area contributed by atoms with Crippen molar-refractivity contribution in [2.75, 3.05) is 24.4 Å². The van der Waals surface area contributed by atoms with Gasteiger partial charge in [0.15, 0.2) is 0 Å². The zero-order valence-corrected chi connectivity index (χ0v) is 15.7. The molecule has 28 heavy (non-hydrogen) atoms. The second-order valence-electron chi connectivity index (χ2n) is 6.30. The van der Waals surface area contributed by atoms with E-state index in [9.17, 15) is 14.4 Å². The molecular weight excluding hydrogens is 358 g/mol. The Morgan fingerprint density at radius 1 is 1.00 bits per heavy atom. The lowest BCUT2D eigenvalue weighted by Crippen LogP contribution is -2.25. The van der Waals surface area contributed by atoms with Crippen molar-refractivity contribution < 1.29 is 14.3 Å². The van der Waals surface area contributed by atoms with Gasteiger partial charge in [-0.15, -0.1) is 0 Å². The van der Waals surface area contributed by atoms with Crippen LogP contribution in [0.5, 0.6) is 0 Å². The normalized spacial score (nSPS) is 10.6. The topological polar surface area (TPSA) is 89.4 Å². The number of fused-ring (bicyclic) bond motifs is 1. The van der Waals surface area contributed by atoms with Crippen LogP contribution in [0.3, 0.4) is 0 Å². The largest absolute Gasteiger partial charge is 0.383 e. The third kappa shape index (κ3) is 4.27. The summed E-state index contributed by atoms with van der Waals surface area (Å²) in [5.74, 6) is -0.540. The molecule has 0 unspecified atom stereocenters. The molecule has 2 amide bonds. The summed E-state index contributed by atoms with van der Waals surface area (Å²) in [6, 6.07) is 13.9. The summed E-state index contributed by atoms with van der Waals surface area (Å²) in [4.78, 5) is 36.8. The highest BCUT2D eigenvalue weighted by Crippen LogP contribution is 2.19. The number of rotatable bonds is 6. The van der Waals surface area contributed by atoms with Crippen LogP contribution in [-0.2, 0) is 16.1 Å². The fourth-order valence-corrected chi connectivity index (χ4v) is 2.96. The maximum absolute atomic E-state index is 13.0. The van der Waals surface area contributed by atoms with Crippen LogP contribution in [0.4, 0.5) is 11.4 Å². The van der Waals surface area contributed by atoms with Gasteiger partial charge in [0, 0.05) is 48.9 Å². The predicted molar refractivity (Wildman–Crippen MR) is 109 cm³/mol. The first-order chi connectivity index (χ1) is 13.5. The first-order valence-electron chi connectivity index (χ1n) is 8.79. The average Bonchev–Trinajstić information content (AvgIpc) is 2.67. The van der Waals surface area contributed by atoms with Crippen LogP contribution in [-0.4, -0.2) is 30.1 Å². The Labute approximate surface area is 161 Å². The molecular formula is C21H21N3O4. The highest BCUT2D eigenvalue weighted by atomic mass is 16.5. The Hall–Kier alpha value is -3.45. The SMILES string of the molecule is COCCn1cc(C(=O)Nc2cccc(NC(C)=O)c2)c2ccccc2c1=O. The van der Waals surface area contributed by atoms with Gasteiger partial charge in [-0.25, -0.2) is 0 Å². The van der Waals surface area contributed by atoms with Crippen LogP contribution >= 0.6 is 0 Å². The van der Waals surface area contributed by atoms with Crippen molar-refractivity contribution in [1.29, 1.82) is 0 Å². The summed E-state index contributed by atoms with van der Waals surface area (Å²) in [5.41, 5.74) is 1.34.